The minimum Gasteiger partial charge on any atom is -0.494 e. The first-order valence-corrected chi connectivity index (χ1v) is 4.10. The van der Waals surface area contributed by atoms with E-state index in [0.717, 1.165) is 12.1 Å². The maximum atomic E-state index is 10.7. The van der Waals surface area contributed by atoms with E-state index in [1.807, 2.05) is 0 Å². The first-order chi connectivity index (χ1) is 6.97. The minimum atomic E-state index is -1.34. The number of carboxylic acid groups (broad SMARTS) is 1. The second kappa shape index (κ2) is 4.14. The second-order valence-electron chi connectivity index (χ2n) is 2.57. The minimum absolute atomic E-state index is 0.0882. The van der Waals surface area contributed by atoms with Crippen LogP contribution in [-0.4, -0.2) is 23.1 Å². The number of carbonyl (C=O) groups is 1. The number of methoxy groups -OCH3 is 1. The van der Waals surface area contributed by atoms with E-state index >= 15 is 0 Å². The van der Waals surface area contributed by atoms with Crippen LogP contribution in [0.1, 0.15) is 10.4 Å². The quantitative estimate of drug-likeness (QED) is 0.634. The molecule has 0 saturated carbocycles. The Balaban J connectivity index is 3.45. The summed E-state index contributed by atoms with van der Waals surface area (Å²) in [6, 6.07) is 1.93. The number of hydrogen-bond donors (Lipinski definition) is 1. The third-order valence-electron chi connectivity index (χ3n) is 1.67. The van der Waals surface area contributed by atoms with Gasteiger partial charge in [0.2, 0.25) is 0 Å². The molecule has 15 heavy (non-hydrogen) atoms. The molecule has 0 unspecified atom stereocenters. The Kier molecular flexibility index (Phi) is 3.11. The van der Waals surface area contributed by atoms with Crippen LogP contribution in [-0.2, 0) is 0 Å². The maximum Gasteiger partial charge on any atom is 0.339 e. The van der Waals surface area contributed by atoms with Crippen LogP contribution in [0.3, 0.4) is 0 Å². The number of non-ortho nitro benzene ring substituents is 1. The molecule has 0 spiro atoms. The van der Waals surface area contributed by atoms with Gasteiger partial charge in [0.1, 0.15) is 5.56 Å². The molecule has 0 saturated heterocycles. The van der Waals surface area contributed by atoms with Crippen LogP contribution in [0.15, 0.2) is 12.1 Å². The van der Waals surface area contributed by atoms with Crippen molar-refractivity contribution in [3.05, 3.63) is 32.8 Å². The van der Waals surface area contributed by atoms with Gasteiger partial charge in [0.05, 0.1) is 17.1 Å². The van der Waals surface area contributed by atoms with Crippen LogP contribution in [0.25, 0.3) is 0 Å². The van der Waals surface area contributed by atoms with E-state index in [1.54, 1.807) is 0 Å². The van der Waals surface area contributed by atoms with Crippen LogP contribution < -0.4 is 4.74 Å². The number of hydrogen-bond acceptors (Lipinski definition) is 4. The Hall–Kier alpha value is -1.82. The van der Waals surface area contributed by atoms with E-state index in [4.69, 9.17) is 21.4 Å². The summed E-state index contributed by atoms with van der Waals surface area (Å²) in [4.78, 5) is 20.5. The van der Waals surface area contributed by atoms with Gasteiger partial charge < -0.3 is 9.84 Å². The molecule has 80 valence electrons. The molecule has 0 atom stereocenters. The molecule has 0 radical (unpaired) electrons. The van der Waals surface area contributed by atoms with Crippen LogP contribution >= 0.6 is 11.6 Å². The number of nitro groups is 1. The zero-order chi connectivity index (χ0) is 11.6. The van der Waals surface area contributed by atoms with E-state index in [1.165, 1.54) is 7.11 Å². The Morgan fingerprint density at radius 1 is 1.60 bits per heavy atom. The van der Waals surface area contributed by atoms with Gasteiger partial charge in [0.15, 0.2) is 5.75 Å². The Labute approximate surface area is 89.2 Å². The largest absolute Gasteiger partial charge is 0.494 e. The summed E-state index contributed by atoms with van der Waals surface area (Å²) in [5.41, 5.74) is -0.727. The topological polar surface area (TPSA) is 89.7 Å². The van der Waals surface area contributed by atoms with Crippen LogP contribution in [0, 0.1) is 10.1 Å². The first-order valence-electron chi connectivity index (χ1n) is 3.72. The molecule has 1 rings (SSSR count). The number of halogens is 1. The monoisotopic (exact) mass is 231 g/mol. The van der Waals surface area contributed by atoms with Crippen LogP contribution in [0.4, 0.5) is 5.69 Å². The number of aromatic carboxylic acids is 1. The molecule has 0 aliphatic heterocycles. The lowest BCUT2D eigenvalue weighted by molar-refractivity contribution is -0.384. The van der Waals surface area contributed by atoms with Crippen molar-refractivity contribution < 1.29 is 19.6 Å². The highest BCUT2D eigenvalue weighted by molar-refractivity contribution is 6.32. The van der Waals surface area contributed by atoms with Gasteiger partial charge in [-0.2, -0.15) is 0 Å². The van der Waals surface area contributed by atoms with Gasteiger partial charge in [-0.25, -0.2) is 4.79 Å². The molecule has 0 fully saturated rings. The Morgan fingerprint density at radius 3 is 2.60 bits per heavy atom. The van der Waals surface area contributed by atoms with Crippen molar-refractivity contribution >= 4 is 23.3 Å². The van der Waals surface area contributed by atoms with E-state index in [-0.39, 0.29) is 16.3 Å². The molecule has 7 heteroatoms. The molecule has 1 aromatic rings. The second-order valence-corrected chi connectivity index (χ2v) is 2.98. The van der Waals surface area contributed by atoms with Crippen molar-refractivity contribution in [2.24, 2.45) is 0 Å². The average molecular weight is 232 g/mol. The van der Waals surface area contributed by atoms with Gasteiger partial charge >= 0.3 is 5.97 Å². The summed E-state index contributed by atoms with van der Waals surface area (Å²) >= 11 is 5.63. The molecule has 0 heterocycles. The fraction of sp³-hybridized carbons (Fsp3) is 0.125. The fourth-order valence-corrected chi connectivity index (χ4v) is 1.34. The van der Waals surface area contributed by atoms with Crippen LogP contribution in [0.2, 0.25) is 5.02 Å². The predicted molar refractivity (Wildman–Crippen MR) is 51.6 cm³/mol. The van der Waals surface area contributed by atoms with E-state index in [2.05, 4.69) is 0 Å². The molecule has 0 bridgehead atoms. The standard InChI is InChI=1S/C8H6ClNO5/c1-15-7-5(8(11)12)2-4(10(13)14)3-6(7)9/h2-3H,1H3,(H,11,12). The first kappa shape index (κ1) is 11.3. The summed E-state index contributed by atoms with van der Waals surface area (Å²) in [5, 5.41) is 19.1. The van der Waals surface area contributed by atoms with Crippen LogP contribution in [0.5, 0.6) is 5.75 Å². The Morgan fingerprint density at radius 2 is 2.20 bits per heavy atom. The molecule has 0 amide bonds. The zero-order valence-electron chi connectivity index (χ0n) is 7.56. The Bertz CT molecular complexity index is 431. The summed E-state index contributed by atoms with van der Waals surface area (Å²) in [6.07, 6.45) is 0. The van der Waals surface area contributed by atoms with Gasteiger partial charge in [-0.3, -0.25) is 10.1 Å². The SMILES string of the molecule is COc1c(Cl)cc([N+](=O)[O-])cc1C(=O)O. The lowest BCUT2D eigenvalue weighted by Crippen LogP contribution is -2.02. The van der Waals surface area contributed by atoms with E-state index < -0.39 is 16.6 Å². The average Bonchev–Trinajstić information content (AvgIpc) is 2.16. The third-order valence-corrected chi connectivity index (χ3v) is 1.95. The highest BCUT2D eigenvalue weighted by atomic mass is 35.5. The summed E-state index contributed by atoms with van der Waals surface area (Å²) < 4.78 is 4.74. The summed E-state index contributed by atoms with van der Waals surface area (Å²) in [6.45, 7) is 0. The molecule has 6 nitrogen and oxygen atoms in total. The lowest BCUT2D eigenvalue weighted by atomic mass is 10.2. The van der Waals surface area contributed by atoms with Crippen molar-refractivity contribution in [1.29, 1.82) is 0 Å². The van der Waals surface area contributed by atoms with E-state index in [0.29, 0.717) is 0 Å². The molecule has 1 aromatic carbocycles. The van der Waals surface area contributed by atoms with Crippen molar-refractivity contribution in [2.45, 2.75) is 0 Å². The van der Waals surface area contributed by atoms with Crippen molar-refractivity contribution in [2.75, 3.05) is 7.11 Å². The highest BCUT2D eigenvalue weighted by Crippen LogP contribution is 2.32. The summed E-state index contributed by atoms with van der Waals surface area (Å²) in [5.74, 6) is -1.42. The molecule has 0 aliphatic rings. The van der Waals surface area contributed by atoms with Gasteiger partial charge in [-0.1, -0.05) is 11.6 Å². The van der Waals surface area contributed by atoms with Gasteiger partial charge in [-0.15, -0.1) is 0 Å². The summed E-state index contributed by atoms with van der Waals surface area (Å²) in [7, 11) is 1.24. The number of rotatable bonds is 3. The maximum absolute atomic E-state index is 10.7. The smallest absolute Gasteiger partial charge is 0.339 e. The number of carboxylic acids is 1. The molecule has 1 N–H and O–H groups in total. The number of benzene rings is 1. The molecular formula is C8H6ClNO5. The predicted octanol–water partition coefficient (Wildman–Crippen LogP) is 1.95. The van der Waals surface area contributed by atoms with E-state index in [9.17, 15) is 14.9 Å². The van der Waals surface area contributed by atoms with Gasteiger partial charge in [0, 0.05) is 12.1 Å². The number of nitrogens with zero attached hydrogens (tertiary/aromatic N) is 1. The van der Waals surface area contributed by atoms with Gasteiger partial charge in [0.25, 0.3) is 5.69 Å². The zero-order valence-corrected chi connectivity index (χ0v) is 8.32. The molecule has 0 aromatic heterocycles. The lowest BCUT2D eigenvalue weighted by Gasteiger charge is -2.06. The fourth-order valence-electron chi connectivity index (χ4n) is 1.05. The number of ether oxygens (including phenoxy) is 1. The normalized spacial score (nSPS) is 9.73. The molecule has 0 aliphatic carbocycles. The highest BCUT2D eigenvalue weighted by Gasteiger charge is 2.20. The van der Waals surface area contributed by atoms with Crippen molar-refractivity contribution in [3.63, 3.8) is 0 Å². The number of nitro benzene ring substituents is 1. The van der Waals surface area contributed by atoms with Crippen molar-refractivity contribution in [3.8, 4) is 5.75 Å². The van der Waals surface area contributed by atoms with Gasteiger partial charge in [-0.05, 0) is 0 Å². The van der Waals surface area contributed by atoms with Crippen molar-refractivity contribution in [1.82, 2.24) is 0 Å². The molecular weight excluding hydrogens is 226 g/mol. The third kappa shape index (κ3) is 2.16.